The van der Waals surface area contributed by atoms with Gasteiger partial charge in [0.2, 0.25) is 0 Å². The molecule has 1 atom stereocenters. The molecule has 1 rings (SSSR count). The molecule has 112 valence electrons. The van der Waals surface area contributed by atoms with Crippen LogP contribution in [0.2, 0.25) is 0 Å². The maximum atomic E-state index is 12.1. The minimum atomic E-state index is -5.09. The predicted octanol–water partition coefficient (Wildman–Crippen LogP) is 2.53. The van der Waals surface area contributed by atoms with E-state index >= 15 is 0 Å². The van der Waals surface area contributed by atoms with Crippen LogP contribution in [0.5, 0.6) is 5.75 Å². The van der Waals surface area contributed by atoms with Crippen LogP contribution in [0.15, 0.2) is 29.2 Å². The monoisotopic (exact) mass is 335 g/mol. The van der Waals surface area contributed by atoms with Crippen LogP contribution in [0.4, 0.5) is 13.2 Å². The van der Waals surface area contributed by atoms with Gasteiger partial charge in [0.1, 0.15) is 4.90 Å². The van der Waals surface area contributed by atoms with E-state index in [-0.39, 0.29) is 0 Å². The van der Waals surface area contributed by atoms with Crippen molar-refractivity contribution in [1.82, 2.24) is 0 Å². The highest BCUT2D eigenvalue weighted by molar-refractivity contribution is 7.86. The second-order valence-corrected chi connectivity index (χ2v) is 5.44. The Balaban J connectivity index is 3.03. The smallest absolute Gasteiger partial charge is 0.404 e. The van der Waals surface area contributed by atoms with Crippen LogP contribution >= 0.6 is 8.25 Å². The molecule has 1 unspecified atom stereocenters. The van der Waals surface area contributed by atoms with Crippen molar-refractivity contribution in [3.8, 4) is 5.75 Å². The maximum absolute atomic E-state index is 12.1. The molecule has 0 saturated carbocycles. The van der Waals surface area contributed by atoms with Gasteiger partial charge >= 0.3 is 24.7 Å². The third-order valence-corrected chi connectivity index (χ3v) is 3.39. The number of hydrogen-bond acceptors (Lipinski definition) is 7. The molecule has 0 amide bonds. The number of para-hydroxylation sites is 1. The second kappa shape index (κ2) is 6.46. The molecule has 1 aromatic carbocycles. The van der Waals surface area contributed by atoms with Gasteiger partial charge < -0.3 is 4.74 Å². The molecule has 0 saturated heterocycles. The molecule has 0 fully saturated rings. The highest BCUT2D eigenvalue weighted by atomic mass is 32.2. The van der Waals surface area contributed by atoms with E-state index in [1.165, 1.54) is 0 Å². The first-order chi connectivity index (χ1) is 9.15. The quantitative estimate of drug-likeness (QED) is 0.448. The third kappa shape index (κ3) is 5.02. The number of hydrogen-bond donors (Lipinski definition) is 0. The highest BCUT2D eigenvalue weighted by Crippen LogP contribution is 2.32. The molecule has 20 heavy (non-hydrogen) atoms. The van der Waals surface area contributed by atoms with Crippen LogP contribution in [0, 0.1) is 0 Å². The topological polar surface area (TPSA) is 88.1 Å². The molecular weight excluding hydrogens is 328 g/mol. The summed E-state index contributed by atoms with van der Waals surface area (Å²) < 4.78 is 85.5. The zero-order valence-corrected chi connectivity index (χ0v) is 11.4. The van der Waals surface area contributed by atoms with Crippen molar-refractivity contribution in [1.29, 1.82) is 0 Å². The van der Waals surface area contributed by atoms with Gasteiger partial charge in [-0.05, 0) is 12.1 Å². The van der Waals surface area contributed by atoms with Crippen LogP contribution in [-0.2, 0) is 28.2 Å². The Bertz CT molecular complexity index is 586. The molecule has 7 nitrogen and oxygen atoms in total. The van der Waals surface area contributed by atoms with E-state index in [0.29, 0.717) is 0 Å². The fourth-order valence-corrected chi connectivity index (χ4v) is 2.25. The van der Waals surface area contributed by atoms with Crippen LogP contribution < -0.4 is 4.74 Å². The molecule has 0 aliphatic carbocycles. The van der Waals surface area contributed by atoms with Crippen molar-refractivity contribution in [3.05, 3.63) is 24.3 Å². The van der Waals surface area contributed by atoms with Gasteiger partial charge in [0, 0.05) is 4.57 Å². The van der Waals surface area contributed by atoms with E-state index in [0.717, 1.165) is 31.4 Å². The van der Waals surface area contributed by atoms with Crippen molar-refractivity contribution >= 4 is 18.4 Å². The van der Waals surface area contributed by atoms with E-state index in [4.69, 9.17) is 0 Å². The van der Waals surface area contributed by atoms with Gasteiger partial charge in [-0.15, -0.1) is 17.7 Å². The lowest BCUT2D eigenvalue weighted by Crippen LogP contribution is -2.19. The molecule has 0 bridgehead atoms. The Hall–Kier alpha value is -1.26. The average molecular weight is 335 g/mol. The zero-order valence-electron chi connectivity index (χ0n) is 9.66. The molecular formula is C8H7F3O7PS+. The Morgan fingerprint density at radius 1 is 1.20 bits per heavy atom. The summed E-state index contributed by atoms with van der Waals surface area (Å²) in [5.41, 5.74) is 0. The lowest BCUT2D eigenvalue weighted by atomic mass is 10.3. The summed E-state index contributed by atoms with van der Waals surface area (Å²) in [4.78, 5) is -0.947. The second-order valence-electron chi connectivity index (χ2n) is 3.00. The molecule has 0 radical (unpaired) electrons. The first-order valence-corrected chi connectivity index (χ1v) is 7.13. The van der Waals surface area contributed by atoms with E-state index in [2.05, 4.69) is 18.3 Å². The molecule has 1 aromatic rings. The first-order valence-electron chi connectivity index (χ1n) is 4.63. The number of benzene rings is 1. The van der Waals surface area contributed by atoms with Crippen molar-refractivity contribution in [3.63, 3.8) is 0 Å². The average Bonchev–Trinajstić information content (AvgIpc) is 2.34. The normalized spacial score (nSPS) is 13.1. The fraction of sp³-hybridized carbons (Fsp3) is 0.250. The van der Waals surface area contributed by atoms with Gasteiger partial charge in [-0.25, -0.2) is 0 Å². The molecule has 0 heterocycles. The summed E-state index contributed by atoms with van der Waals surface area (Å²) in [7, 11) is -6.72. The summed E-state index contributed by atoms with van der Waals surface area (Å²) in [5, 5.41) is 0. The van der Waals surface area contributed by atoms with E-state index in [1.54, 1.807) is 0 Å². The van der Waals surface area contributed by atoms with E-state index in [9.17, 15) is 26.2 Å². The van der Waals surface area contributed by atoms with Gasteiger partial charge in [0.05, 0.1) is 11.8 Å². The van der Waals surface area contributed by atoms with Crippen molar-refractivity contribution in [2.45, 2.75) is 11.3 Å². The number of ether oxygens (including phenoxy) is 1. The van der Waals surface area contributed by atoms with Gasteiger partial charge in [-0.2, -0.15) is 8.42 Å². The maximum Gasteiger partial charge on any atom is 0.729 e. The largest absolute Gasteiger partial charge is 0.729 e. The van der Waals surface area contributed by atoms with Crippen molar-refractivity contribution in [2.75, 3.05) is 7.11 Å². The first kappa shape index (κ1) is 16.8. The molecule has 0 spiro atoms. The highest BCUT2D eigenvalue weighted by Gasteiger charge is 2.35. The van der Waals surface area contributed by atoms with Crippen LogP contribution in [-0.4, -0.2) is 21.9 Å². The van der Waals surface area contributed by atoms with Crippen molar-refractivity contribution < 1.29 is 44.4 Å². The molecule has 0 aliphatic rings. The molecule has 0 aliphatic heterocycles. The van der Waals surface area contributed by atoms with Crippen LogP contribution in [0.25, 0.3) is 0 Å². The van der Waals surface area contributed by atoms with Crippen molar-refractivity contribution in [2.24, 2.45) is 0 Å². The Kier molecular flexibility index (Phi) is 5.42. The lowest BCUT2D eigenvalue weighted by molar-refractivity contribution is -0.275. The summed E-state index contributed by atoms with van der Waals surface area (Å²) >= 11 is 0. The summed E-state index contributed by atoms with van der Waals surface area (Å²) in [6, 6.07) is 3.81. The zero-order chi connectivity index (χ0) is 15.4. The van der Waals surface area contributed by atoms with E-state index < -0.39 is 35.4 Å². The third-order valence-electron chi connectivity index (χ3n) is 1.67. The number of rotatable bonds is 6. The minimum Gasteiger partial charge on any atom is -0.404 e. The SMILES string of the molecule is CO[P+](=O)OOS(=O)(=O)c1ccccc1OC(F)(F)F. The summed E-state index contributed by atoms with van der Waals surface area (Å²) in [6.45, 7) is 0. The summed E-state index contributed by atoms with van der Waals surface area (Å²) in [6.07, 6.45) is -5.09. The van der Waals surface area contributed by atoms with Gasteiger partial charge in [-0.1, -0.05) is 16.5 Å². The lowest BCUT2D eigenvalue weighted by Gasteiger charge is -2.11. The van der Waals surface area contributed by atoms with E-state index in [1.807, 2.05) is 0 Å². The molecule has 0 aromatic heterocycles. The minimum absolute atomic E-state index is 0.764. The summed E-state index contributed by atoms with van der Waals surface area (Å²) in [5.74, 6) is -1.02. The Labute approximate surface area is 112 Å². The fourth-order valence-electron chi connectivity index (χ4n) is 0.998. The molecule has 12 heteroatoms. The van der Waals surface area contributed by atoms with Gasteiger partial charge in [-0.3, -0.25) is 0 Å². The van der Waals surface area contributed by atoms with Gasteiger partial charge in [0.25, 0.3) is 0 Å². The Morgan fingerprint density at radius 3 is 2.35 bits per heavy atom. The van der Waals surface area contributed by atoms with Crippen LogP contribution in [0.1, 0.15) is 0 Å². The van der Waals surface area contributed by atoms with Crippen LogP contribution in [0.3, 0.4) is 0 Å². The standard InChI is InChI=1S/C8H7F3O7PS/c1-15-19(12)17-18-20(13,14)7-5-3-2-4-6(7)16-8(9,10)11/h2-5H,1H3/q+1. The molecule has 0 N–H and O–H groups in total. The van der Waals surface area contributed by atoms with Gasteiger partial charge in [0.15, 0.2) is 5.75 Å². The number of alkyl halides is 3. The predicted molar refractivity (Wildman–Crippen MR) is 57.1 cm³/mol. The Morgan fingerprint density at radius 2 is 1.80 bits per heavy atom. The number of halogens is 3.